The second-order valence-corrected chi connectivity index (χ2v) is 6.51. The van der Waals surface area contributed by atoms with Crippen molar-refractivity contribution in [2.24, 2.45) is 5.73 Å². The molecular weight excluding hydrogens is 363 g/mol. The highest BCUT2D eigenvalue weighted by Gasteiger charge is 2.49. The zero-order chi connectivity index (χ0) is 18.3. The Morgan fingerprint density at radius 1 is 1.42 bits per heavy atom. The van der Waals surface area contributed by atoms with E-state index in [0.29, 0.717) is 0 Å². The molecule has 15 heteroatoms. The quantitative estimate of drug-likeness (QED) is 0.435. The summed E-state index contributed by atoms with van der Waals surface area (Å²) in [6, 6.07) is 0. The van der Waals surface area contributed by atoms with Crippen molar-refractivity contribution in [3.05, 3.63) is 12.2 Å². The summed E-state index contributed by atoms with van der Waals surface area (Å²) in [4.78, 5) is 14.4. The molecule has 136 valence electrons. The number of hydrogen-bond donors (Lipinski definition) is 4. The van der Waals surface area contributed by atoms with Crippen LogP contribution in [-0.2, 0) is 14.8 Å². The number of aromatic nitrogens is 3. The first-order valence-corrected chi connectivity index (χ1v) is 7.71. The van der Waals surface area contributed by atoms with Crippen molar-refractivity contribution in [2.75, 3.05) is 6.54 Å². The number of nitrogens with two attached hydrogens (primary N) is 1. The molecule has 1 fully saturated rings. The van der Waals surface area contributed by atoms with Crippen LogP contribution in [0.1, 0.15) is 16.8 Å². The number of rotatable bonds is 5. The van der Waals surface area contributed by atoms with Crippen LogP contribution in [0.5, 0.6) is 0 Å². The fourth-order valence-corrected chi connectivity index (χ4v) is 2.45. The van der Waals surface area contributed by atoms with Crippen LogP contribution in [0.3, 0.4) is 0 Å². The lowest BCUT2D eigenvalue weighted by Gasteiger charge is -2.16. The van der Waals surface area contributed by atoms with Gasteiger partial charge in [0.2, 0.25) is 5.82 Å². The van der Waals surface area contributed by atoms with Crippen molar-refractivity contribution in [2.45, 2.75) is 30.0 Å². The van der Waals surface area contributed by atoms with Gasteiger partial charge < -0.3 is 20.7 Å². The standard InChI is InChI=1S/C9H12F3N5O6S/c10-9(11,12)24(21,22)15-1-3-4(18)5(19)8(23-3)17-2-14-7(16-17)6(13)20/h2-5,8,15,18-19H,1H2,(H2,13,20)/t3?,4-,5-,8?/m1/s1. The van der Waals surface area contributed by atoms with E-state index in [1.165, 1.54) is 4.72 Å². The fourth-order valence-electron chi connectivity index (χ4n) is 1.90. The van der Waals surface area contributed by atoms with E-state index in [4.69, 9.17) is 10.5 Å². The third-order valence-electron chi connectivity index (χ3n) is 3.11. The smallest absolute Gasteiger partial charge is 0.387 e. The molecule has 1 aromatic heterocycles. The zero-order valence-electron chi connectivity index (χ0n) is 11.6. The highest BCUT2D eigenvalue weighted by Crippen LogP contribution is 2.29. The largest absolute Gasteiger partial charge is 0.511 e. The third kappa shape index (κ3) is 3.48. The summed E-state index contributed by atoms with van der Waals surface area (Å²) in [5.41, 5.74) is -0.593. The molecule has 0 saturated carbocycles. The Kier molecular flexibility index (Phi) is 4.82. The lowest BCUT2D eigenvalue weighted by molar-refractivity contribution is -0.0490. The molecule has 0 aromatic carbocycles. The maximum atomic E-state index is 12.2. The van der Waals surface area contributed by atoms with Crippen LogP contribution in [0.2, 0.25) is 0 Å². The number of ether oxygens (including phenoxy) is 1. The predicted molar refractivity (Wildman–Crippen MR) is 67.4 cm³/mol. The van der Waals surface area contributed by atoms with E-state index in [1.54, 1.807) is 0 Å². The van der Waals surface area contributed by atoms with E-state index in [9.17, 15) is 36.6 Å². The van der Waals surface area contributed by atoms with Crippen LogP contribution in [-0.4, -0.2) is 69.7 Å². The molecule has 1 aliphatic rings. The van der Waals surface area contributed by atoms with Crippen molar-refractivity contribution in [1.82, 2.24) is 19.5 Å². The first kappa shape index (κ1) is 18.5. The van der Waals surface area contributed by atoms with E-state index in [0.717, 1.165) is 11.0 Å². The Bertz CT molecular complexity index is 722. The number of nitrogens with zero attached hydrogens (tertiary/aromatic N) is 3. The van der Waals surface area contributed by atoms with Gasteiger partial charge >= 0.3 is 15.5 Å². The molecule has 1 aromatic rings. The first-order chi connectivity index (χ1) is 10.9. The fraction of sp³-hybridized carbons (Fsp3) is 0.667. The maximum Gasteiger partial charge on any atom is 0.511 e. The Labute approximate surface area is 132 Å². The number of aliphatic hydroxyl groups is 2. The summed E-state index contributed by atoms with van der Waals surface area (Å²) in [5.74, 6) is -1.39. The minimum absolute atomic E-state index is 0.415. The van der Waals surface area contributed by atoms with Gasteiger partial charge in [-0.25, -0.2) is 22.8 Å². The van der Waals surface area contributed by atoms with E-state index < -0.39 is 58.3 Å². The van der Waals surface area contributed by atoms with Crippen LogP contribution in [0.25, 0.3) is 0 Å². The van der Waals surface area contributed by atoms with Gasteiger partial charge in [0.25, 0.3) is 5.91 Å². The summed E-state index contributed by atoms with van der Waals surface area (Å²) in [6.45, 7) is -0.950. The molecule has 2 unspecified atom stereocenters. The molecule has 11 nitrogen and oxygen atoms in total. The normalized spacial score (nSPS) is 28.2. The van der Waals surface area contributed by atoms with Crippen molar-refractivity contribution in [1.29, 1.82) is 0 Å². The number of aliphatic hydroxyl groups excluding tert-OH is 2. The van der Waals surface area contributed by atoms with Crippen LogP contribution < -0.4 is 10.5 Å². The van der Waals surface area contributed by atoms with Gasteiger partial charge in [0.1, 0.15) is 24.6 Å². The van der Waals surface area contributed by atoms with Gasteiger partial charge in [0.15, 0.2) is 6.23 Å². The molecule has 2 heterocycles. The number of hydrogen-bond acceptors (Lipinski definition) is 8. The molecule has 24 heavy (non-hydrogen) atoms. The van der Waals surface area contributed by atoms with Crippen LogP contribution in [0.15, 0.2) is 6.33 Å². The van der Waals surface area contributed by atoms with Crippen LogP contribution in [0.4, 0.5) is 13.2 Å². The lowest BCUT2D eigenvalue weighted by Crippen LogP contribution is -2.44. The molecule has 1 saturated heterocycles. The zero-order valence-corrected chi connectivity index (χ0v) is 12.4. The number of primary amides is 1. The summed E-state index contributed by atoms with van der Waals surface area (Å²) in [7, 11) is -5.63. The SMILES string of the molecule is NC(=O)c1ncn(C2OC(CNS(=O)(=O)C(F)(F)F)[C@@H](O)[C@H]2O)n1. The minimum Gasteiger partial charge on any atom is -0.387 e. The molecule has 0 spiro atoms. The monoisotopic (exact) mass is 375 g/mol. The minimum atomic E-state index is -5.63. The van der Waals surface area contributed by atoms with Gasteiger partial charge in [-0.15, -0.1) is 5.10 Å². The number of amides is 1. The number of halogens is 3. The molecule has 2 rings (SSSR count). The van der Waals surface area contributed by atoms with Crippen molar-refractivity contribution >= 4 is 15.9 Å². The third-order valence-corrected chi connectivity index (χ3v) is 4.26. The summed E-state index contributed by atoms with van der Waals surface area (Å²) in [6.07, 6.45) is -5.33. The second-order valence-electron chi connectivity index (χ2n) is 4.76. The molecule has 4 atom stereocenters. The van der Waals surface area contributed by atoms with Gasteiger partial charge in [-0.1, -0.05) is 0 Å². The topological polar surface area (TPSA) is 170 Å². The average Bonchev–Trinajstić information content (AvgIpc) is 3.03. The highest BCUT2D eigenvalue weighted by atomic mass is 32.2. The van der Waals surface area contributed by atoms with Crippen LogP contribution >= 0.6 is 0 Å². The molecule has 5 N–H and O–H groups in total. The van der Waals surface area contributed by atoms with E-state index in [-0.39, 0.29) is 0 Å². The van der Waals surface area contributed by atoms with Gasteiger partial charge in [-0.05, 0) is 0 Å². The molecular formula is C9H12F3N5O6S. The maximum absolute atomic E-state index is 12.2. The Morgan fingerprint density at radius 2 is 2.04 bits per heavy atom. The Balaban J connectivity index is 2.08. The second kappa shape index (κ2) is 6.25. The van der Waals surface area contributed by atoms with Gasteiger partial charge in [-0.2, -0.15) is 13.2 Å². The van der Waals surface area contributed by atoms with E-state index >= 15 is 0 Å². The van der Waals surface area contributed by atoms with Gasteiger partial charge in [0, 0.05) is 6.54 Å². The lowest BCUT2D eigenvalue weighted by atomic mass is 10.1. The predicted octanol–water partition coefficient (Wildman–Crippen LogP) is -2.56. The first-order valence-electron chi connectivity index (χ1n) is 6.22. The molecule has 1 amide bonds. The van der Waals surface area contributed by atoms with Crippen molar-refractivity contribution in [3.63, 3.8) is 0 Å². The molecule has 1 aliphatic heterocycles. The summed E-state index contributed by atoms with van der Waals surface area (Å²) in [5, 5.41) is 23.2. The summed E-state index contributed by atoms with van der Waals surface area (Å²) >= 11 is 0. The number of carbonyl (C=O) groups is 1. The number of alkyl halides is 3. The van der Waals surface area contributed by atoms with Crippen molar-refractivity contribution in [3.8, 4) is 0 Å². The van der Waals surface area contributed by atoms with E-state index in [1.807, 2.05) is 0 Å². The molecule has 0 bridgehead atoms. The summed E-state index contributed by atoms with van der Waals surface area (Å²) < 4.78 is 65.7. The average molecular weight is 375 g/mol. The van der Waals surface area contributed by atoms with E-state index in [2.05, 4.69) is 10.1 Å². The number of nitrogens with one attached hydrogen (secondary N) is 1. The van der Waals surface area contributed by atoms with Gasteiger partial charge in [0.05, 0.1) is 0 Å². The Morgan fingerprint density at radius 3 is 2.54 bits per heavy atom. The molecule has 0 aliphatic carbocycles. The van der Waals surface area contributed by atoms with Crippen LogP contribution in [0, 0.1) is 0 Å². The number of carbonyl (C=O) groups excluding carboxylic acids is 1. The Hall–Kier alpha value is -1.81. The highest BCUT2D eigenvalue weighted by molar-refractivity contribution is 7.90. The van der Waals surface area contributed by atoms with Gasteiger partial charge in [-0.3, -0.25) is 4.79 Å². The van der Waals surface area contributed by atoms with Crippen molar-refractivity contribution < 1.29 is 41.3 Å². The molecule has 0 radical (unpaired) electrons. The number of sulfonamides is 1.